The van der Waals surface area contributed by atoms with E-state index in [0.29, 0.717) is 11.3 Å². The highest BCUT2D eigenvalue weighted by molar-refractivity contribution is 5.19. The lowest BCUT2D eigenvalue weighted by Crippen LogP contribution is -2.26. The Morgan fingerprint density at radius 3 is 2.81 bits per heavy atom. The molecule has 0 radical (unpaired) electrons. The first-order valence-corrected chi connectivity index (χ1v) is 6.44. The van der Waals surface area contributed by atoms with E-state index in [4.69, 9.17) is 4.74 Å². The Kier molecular flexibility index (Phi) is 4.79. The van der Waals surface area contributed by atoms with Crippen LogP contribution < -0.4 is 0 Å². The molecular formula is C15H26O. The van der Waals surface area contributed by atoms with E-state index >= 15 is 0 Å². The smallest absolute Gasteiger partial charge is 0.0727 e. The molecule has 0 heterocycles. The molecule has 0 spiro atoms. The molecular weight excluding hydrogens is 196 g/mol. The molecule has 0 aromatic rings. The fourth-order valence-corrected chi connectivity index (χ4v) is 2.57. The van der Waals surface area contributed by atoms with Crippen molar-refractivity contribution in [3.8, 4) is 0 Å². The number of rotatable bonds is 4. The van der Waals surface area contributed by atoms with Gasteiger partial charge in [0.1, 0.15) is 0 Å². The second-order valence-corrected chi connectivity index (χ2v) is 5.50. The maximum atomic E-state index is 5.53. The summed E-state index contributed by atoms with van der Waals surface area (Å²) in [5.74, 6) is 0.573. The summed E-state index contributed by atoms with van der Waals surface area (Å²) in [6.45, 7) is 11.9. The molecule has 0 aromatic heterocycles. The van der Waals surface area contributed by atoms with Gasteiger partial charge in [-0.15, -0.1) is 0 Å². The second kappa shape index (κ2) is 5.67. The molecule has 1 rings (SSSR count). The first-order valence-electron chi connectivity index (χ1n) is 6.44. The Hall–Kier alpha value is -0.560. The average molecular weight is 222 g/mol. The van der Waals surface area contributed by atoms with Crippen LogP contribution in [0.25, 0.3) is 0 Å². The Balaban J connectivity index is 2.69. The Bertz CT molecular complexity index is 273. The predicted octanol–water partition coefficient (Wildman–Crippen LogP) is 4.35. The highest BCUT2D eigenvalue weighted by Gasteiger charge is 2.30. The Morgan fingerprint density at radius 1 is 1.56 bits per heavy atom. The minimum atomic E-state index is 0.232. The second-order valence-electron chi connectivity index (χ2n) is 5.50. The zero-order chi connectivity index (χ0) is 12.2. The van der Waals surface area contributed by atoms with Crippen molar-refractivity contribution in [2.24, 2.45) is 11.3 Å². The van der Waals surface area contributed by atoms with Gasteiger partial charge in [0.25, 0.3) is 0 Å². The Morgan fingerprint density at radius 2 is 2.25 bits per heavy atom. The van der Waals surface area contributed by atoms with Crippen molar-refractivity contribution in [2.45, 2.75) is 53.6 Å². The zero-order valence-corrected chi connectivity index (χ0v) is 11.4. The van der Waals surface area contributed by atoms with Gasteiger partial charge in [-0.2, -0.15) is 0 Å². The number of hydrogen-bond donors (Lipinski definition) is 0. The van der Waals surface area contributed by atoms with Crippen LogP contribution in [0.2, 0.25) is 0 Å². The van der Waals surface area contributed by atoms with Crippen molar-refractivity contribution >= 4 is 0 Å². The van der Waals surface area contributed by atoms with Gasteiger partial charge in [-0.05, 0) is 39.0 Å². The summed E-state index contributed by atoms with van der Waals surface area (Å²) in [6.07, 6.45) is 9.66. The molecule has 1 aliphatic carbocycles. The van der Waals surface area contributed by atoms with Gasteiger partial charge in [-0.3, -0.25) is 0 Å². The SMILES string of the molecule is CCOC(C)/C=C/C1C(C)=CCCC1(C)C. The summed E-state index contributed by atoms with van der Waals surface area (Å²) in [5, 5.41) is 0. The van der Waals surface area contributed by atoms with Crippen LogP contribution in [0.15, 0.2) is 23.8 Å². The van der Waals surface area contributed by atoms with E-state index in [1.165, 1.54) is 18.4 Å². The Labute approximate surface area is 101 Å². The first kappa shape index (κ1) is 13.5. The zero-order valence-electron chi connectivity index (χ0n) is 11.4. The van der Waals surface area contributed by atoms with Crippen LogP contribution in [0, 0.1) is 11.3 Å². The van der Waals surface area contributed by atoms with E-state index in [1.54, 1.807) is 0 Å². The van der Waals surface area contributed by atoms with Gasteiger partial charge < -0.3 is 4.74 Å². The largest absolute Gasteiger partial charge is 0.375 e. The van der Waals surface area contributed by atoms with Crippen molar-refractivity contribution in [3.63, 3.8) is 0 Å². The van der Waals surface area contributed by atoms with Crippen LogP contribution in [0.1, 0.15) is 47.5 Å². The molecule has 0 aliphatic heterocycles. The molecule has 0 N–H and O–H groups in total. The minimum Gasteiger partial charge on any atom is -0.375 e. The quantitative estimate of drug-likeness (QED) is 0.643. The van der Waals surface area contributed by atoms with Crippen molar-refractivity contribution in [2.75, 3.05) is 6.61 Å². The van der Waals surface area contributed by atoms with Crippen LogP contribution in [0.3, 0.4) is 0 Å². The summed E-state index contributed by atoms with van der Waals surface area (Å²) in [6, 6.07) is 0. The lowest BCUT2D eigenvalue weighted by Gasteiger charge is -2.36. The molecule has 1 nitrogen and oxygen atoms in total. The van der Waals surface area contributed by atoms with E-state index < -0.39 is 0 Å². The molecule has 0 bridgehead atoms. The summed E-state index contributed by atoms with van der Waals surface area (Å²) in [4.78, 5) is 0. The first-order chi connectivity index (χ1) is 7.47. The van der Waals surface area contributed by atoms with Gasteiger partial charge in [-0.1, -0.05) is 37.6 Å². The molecule has 16 heavy (non-hydrogen) atoms. The molecule has 0 saturated carbocycles. The average Bonchev–Trinajstić information content (AvgIpc) is 2.16. The van der Waals surface area contributed by atoms with E-state index in [1.807, 2.05) is 6.92 Å². The number of ether oxygens (including phenoxy) is 1. The summed E-state index contributed by atoms with van der Waals surface area (Å²) in [7, 11) is 0. The van der Waals surface area contributed by atoms with Crippen molar-refractivity contribution in [1.29, 1.82) is 0 Å². The third-order valence-corrected chi connectivity index (χ3v) is 3.59. The fourth-order valence-electron chi connectivity index (χ4n) is 2.57. The molecule has 0 saturated heterocycles. The summed E-state index contributed by atoms with van der Waals surface area (Å²) >= 11 is 0. The molecule has 92 valence electrons. The lowest BCUT2D eigenvalue weighted by molar-refractivity contribution is 0.108. The van der Waals surface area contributed by atoms with Crippen molar-refractivity contribution in [3.05, 3.63) is 23.8 Å². The van der Waals surface area contributed by atoms with Crippen LogP contribution in [0.5, 0.6) is 0 Å². The van der Waals surface area contributed by atoms with Crippen LogP contribution in [-0.2, 0) is 4.74 Å². The predicted molar refractivity (Wildman–Crippen MR) is 70.5 cm³/mol. The molecule has 2 unspecified atom stereocenters. The van der Waals surface area contributed by atoms with E-state index in [-0.39, 0.29) is 6.10 Å². The van der Waals surface area contributed by atoms with Gasteiger partial charge in [-0.25, -0.2) is 0 Å². The third-order valence-electron chi connectivity index (χ3n) is 3.59. The van der Waals surface area contributed by atoms with Gasteiger partial charge >= 0.3 is 0 Å². The van der Waals surface area contributed by atoms with Gasteiger partial charge in [0.2, 0.25) is 0 Å². The van der Waals surface area contributed by atoms with Gasteiger partial charge in [0.15, 0.2) is 0 Å². The van der Waals surface area contributed by atoms with Crippen LogP contribution >= 0.6 is 0 Å². The molecule has 2 atom stereocenters. The van der Waals surface area contributed by atoms with E-state index in [0.717, 1.165) is 6.61 Å². The van der Waals surface area contributed by atoms with Crippen molar-refractivity contribution in [1.82, 2.24) is 0 Å². The van der Waals surface area contributed by atoms with Crippen LogP contribution in [0.4, 0.5) is 0 Å². The maximum absolute atomic E-state index is 5.53. The molecule has 0 aromatic carbocycles. The molecule has 0 fully saturated rings. The third kappa shape index (κ3) is 3.48. The van der Waals surface area contributed by atoms with Gasteiger partial charge in [0.05, 0.1) is 6.10 Å². The molecule has 1 heteroatoms. The summed E-state index contributed by atoms with van der Waals surface area (Å²) < 4.78 is 5.53. The summed E-state index contributed by atoms with van der Waals surface area (Å²) in [5.41, 5.74) is 1.90. The van der Waals surface area contributed by atoms with Gasteiger partial charge in [0, 0.05) is 12.5 Å². The fraction of sp³-hybridized carbons (Fsp3) is 0.733. The maximum Gasteiger partial charge on any atom is 0.0727 e. The standard InChI is InChI=1S/C15H26O/c1-6-16-13(3)9-10-14-12(2)8-7-11-15(14,4)5/h8-10,13-14H,6-7,11H2,1-5H3/b10-9+. The monoisotopic (exact) mass is 222 g/mol. The highest BCUT2D eigenvalue weighted by Crippen LogP contribution is 2.41. The highest BCUT2D eigenvalue weighted by atomic mass is 16.5. The van der Waals surface area contributed by atoms with E-state index in [9.17, 15) is 0 Å². The van der Waals surface area contributed by atoms with E-state index in [2.05, 4.69) is 45.9 Å². The topological polar surface area (TPSA) is 9.23 Å². The van der Waals surface area contributed by atoms with Crippen LogP contribution in [-0.4, -0.2) is 12.7 Å². The van der Waals surface area contributed by atoms with Crippen molar-refractivity contribution < 1.29 is 4.74 Å². The lowest BCUT2D eigenvalue weighted by atomic mass is 9.68. The number of allylic oxidation sites excluding steroid dienone is 3. The molecule has 1 aliphatic rings. The number of hydrogen-bond acceptors (Lipinski definition) is 1. The minimum absolute atomic E-state index is 0.232. The normalized spacial score (nSPS) is 26.8. The molecule has 0 amide bonds.